The van der Waals surface area contributed by atoms with Crippen molar-refractivity contribution in [2.24, 2.45) is 0 Å². The van der Waals surface area contributed by atoms with Crippen LogP contribution in [0.5, 0.6) is 0 Å². The molecule has 0 radical (unpaired) electrons. The fraction of sp³-hybridized carbons (Fsp3) is 0.500. The van der Waals surface area contributed by atoms with E-state index in [1.807, 2.05) is 18.2 Å². The number of rotatable bonds is 3. The number of hydrogen-bond acceptors (Lipinski definition) is 2. The molecule has 0 aliphatic carbocycles. The van der Waals surface area contributed by atoms with E-state index in [0.29, 0.717) is 0 Å². The summed E-state index contributed by atoms with van der Waals surface area (Å²) in [6.45, 7) is 8.61. The van der Waals surface area contributed by atoms with E-state index in [4.69, 9.17) is 0 Å². The fourth-order valence-corrected chi connectivity index (χ4v) is 1.47. The minimum absolute atomic E-state index is 0.140. The van der Waals surface area contributed by atoms with Crippen LogP contribution in [0.1, 0.15) is 27.7 Å². The molecule has 0 amide bonds. The molecule has 0 aliphatic rings. The van der Waals surface area contributed by atoms with Gasteiger partial charge in [0.2, 0.25) is 0 Å². The largest absolute Gasteiger partial charge is 0.370 e. The zero-order valence-electron chi connectivity index (χ0n) is 9.46. The Bertz CT molecular complexity index is 261. The van der Waals surface area contributed by atoms with E-state index in [1.165, 1.54) is 0 Å². The van der Waals surface area contributed by atoms with Gasteiger partial charge in [-0.25, -0.2) is 0 Å². The van der Waals surface area contributed by atoms with E-state index in [-0.39, 0.29) is 11.7 Å². The summed E-state index contributed by atoms with van der Waals surface area (Å²) in [5, 5.41) is 6.84. The minimum atomic E-state index is 0.140. The van der Waals surface area contributed by atoms with Crippen LogP contribution in [0.25, 0.3) is 0 Å². The number of anilines is 1. The number of benzene rings is 1. The van der Waals surface area contributed by atoms with E-state index < -0.39 is 0 Å². The first-order chi connectivity index (χ1) is 6.47. The normalized spacial score (nSPS) is 13.7. The van der Waals surface area contributed by atoms with Crippen molar-refractivity contribution in [3.63, 3.8) is 0 Å². The Labute approximate surface area is 86.7 Å². The Kier molecular flexibility index (Phi) is 3.53. The highest BCUT2D eigenvalue weighted by Crippen LogP contribution is 2.08. The molecule has 0 saturated heterocycles. The molecule has 0 saturated carbocycles. The lowest BCUT2D eigenvalue weighted by atomic mass is 10.1. The second-order valence-electron chi connectivity index (χ2n) is 4.63. The first-order valence-corrected chi connectivity index (χ1v) is 5.07. The smallest absolute Gasteiger partial charge is 0.0743 e. The summed E-state index contributed by atoms with van der Waals surface area (Å²) in [6.07, 6.45) is 0.275. The van der Waals surface area contributed by atoms with Gasteiger partial charge in [-0.3, -0.25) is 5.32 Å². The summed E-state index contributed by atoms with van der Waals surface area (Å²) >= 11 is 0. The lowest BCUT2D eigenvalue weighted by molar-refractivity contribution is 0.391. The third kappa shape index (κ3) is 4.28. The highest BCUT2D eigenvalue weighted by Gasteiger charge is 2.12. The molecule has 0 spiro atoms. The van der Waals surface area contributed by atoms with Gasteiger partial charge in [-0.1, -0.05) is 18.2 Å². The first kappa shape index (κ1) is 11.1. The average Bonchev–Trinajstić information content (AvgIpc) is 2.02. The molecule has 14 heavy (non-hydrogen) atoms. The maximum atomic E-state index is 3.46. The van der Waals surface area contributed by atoms with Crippen LogP contribution >= 0.6 is 0 Å². The summed E-state index contributed by atoms with van der Waals surface area (Å²) < 4.78 is 0. The molecule has 1 aromatic carbocycles. The molecular formula is C12H20N2. The maximum Gasteiger partial charge on any atom is 0.0743 e. The molecular weight excluding hydrogens is 172 g/mol. The summed E-state index contributed by atoms with van der Waals surface area (Å²) in [5.41, 5.74) is 1.29. The molecule has 2 N–H and O–H groups in total. The summed E-state index contributed by atoms with van der Waals surface area (Å²) in [5.74, 6) is 0. The van der Waals surface area contributed by atoms with E-state index in [1.54, 1.807) is 0 Å². The molecule has 2 nitrogen and oxygen atoms in total. The van der Waals surface area contributed by atoms with E-state index in [0.717, 1.165) is 5.69 Å². The Hall–Kier alpha value is -1.02. The van der Waals surface area contributed by atoms with Gasteiger partial charge in [-0.2, -0.15) is 0 Å². The molecule has 0 bridgehead atoms. The third-order valence-corrected chi connectivity index (χ3v) is 1.81. The van der Waals surface area contributed by atoms with Crippen LogP contribution in [0.3, 0.4) is 0 Å². The van der Waals surface area contributed by atoms with Crippen LogP contribution in [0.15, 0.2) is 30.3 Å². The Morgan fingerprint density at radius 1 is 1.07 bits per heavy atom. The standard InChI is InChI=1S/C12H20N2/c1-10(14-12(2,3)4)13-11-8-6-5-7-9-11/h5-10,13-14H,1-4H3. The zero-order chi connectivity index (χ0) is 10.6. The molecule has 1 rings (SSSR count). The number of para-hydroxylation sites is 1. The van der Waals surface area contributed by atoms with Crippen LogP contribution in [-0.2, 0) is 0 Å². The lowest BCUT2D eigenvalue weighted by Crippen LogP contribution is -2.45. The van der Waals surface area contributed by atoms with Gasteiger partial charge in [-0.05, 0) is 39.8 Å². The van der Waals surface area contributed by atoms with Crippen LogP contribution in [-0.4, -0.2) is 11.7 Å². The van der Waals surface area contributed by atoms with Crippen molar-refractivity contribution in [2.75, 3.05) is 5.32 Å². The van der Waals surface area contributed by atoms with Crippen molar-refractivity contribution < 1.29 is 0 Å². The van der Waals surface area contributed by atoms with Crippen LogP contribution in [0.2, 0.25) is 0 Å². The molecule has 0 aromatic heterocycles. The van der Waals surface area contributed by atoms with Crippen LogP contribution < -0.4 is 10.6 Å². The van der Waals surface area contributed by atoms with Crippen LogP contribution in [0.4, 0.5) is 5.69 Å². The molecule has 1 atom stereocenters. The summed E-state index contributed by atoms with van der Waals surface area (Å²) in [6, 6.07) is 10.2. The monoisotopic (exact) mass is 192 g/mol. The van der Waals surface area contributed by atoms with Gasteiger partial charge in [-0.15, -0.1) is 0 Å². The Morgan fingerprint density at radius 2 is 1.64 bits per heavy atom. The Balaban J connectivity index is 2.46. The lowest BCUT2D eigenvalue weighted by Gasteiger charge is -2.27. The highest BCUT2D eigenvalue weighted by molar-refractivity contribution is 5.43. The first-order valence-electron chi connectivity index (χ1n) is 5.07. The predicted molar refractivity (Wildman–Crippen MR) is 62.4 cm³/mol. The van der Waals surface area contributed by atoms with Crippen molar-refractivity contribution in [1.29, 1.82) is 0 Å². The third-order valence-electron chi connectivity index (χ3n) is 1.81. The van der Waals surface area contributed by atoms with E-state index in [9.17, 15) is 0 Å². The van der Waals surface area contributed by atoms with Crippen molar-refractivity contribution in [3.8, 4) is 0 Å². The number of nitrogens with one attached hydrogen (secondary N) is 2. The highest BCUT2D eigenvalue weighted by atomic mass is 15.1. The second kappa shape index (κ2) is 4.47. The fourth-order valence-electron chi connectivity index (χ4n) is 1.47. The van der Waals surface area contributed by atoms with Crippen molar-refractivity contribution in [2.45, 2.75) is 39.4 Å². The molecule has 1 unspecified atom stereocenters. The molecule has 0 fully saturated rings. The van der Waals surface area contributed by atoms with Crippen molar-refractivity contribution in [1.82, 2.24) is 5.32 Å². The van der Waals surface area contributed by atoms with Gasteiger partial charge in [0, 0.05) is 11.2 Å². The van der Waals surface area contributed by atoms with E-state index in [2.05, 4.69) is 50.5 Å². The van der Waals surface area contributed by atoms with Crippen LogP contribution in [0, 0.1) is 0 Å². The van der Waals surface area contributed by atoms with Gasteiger partial charge in [0.15, 0.2) is 0 Å². The van der Waals surface area contributed by atoms with Crippen molar-refractivity contribution in [3.05, 3.63) is 30.3 Å². The second-order valence-corrected chi connectivity index (χ2v) is 4.63. The van der Waals surface area contributed by atoms with Gasteiger partial charge < -0.3 is 5.32 Å². The number of hydrogen-bond donors (Lipinski definition) is 2. The predicted octanol–water partition coefficient (Wildman–Crippen LogP) is 2.83. The molecule has 0 heterocycles. The van der Waals surface area contributed by atoms with Gasteiger partial charge >= 0.3 is 0 Å². The summed E-state index contributed by atoms with van der Waals surface area (Å²) in [7, 11) is 0. The SMILES string of the molecule is CC(Nc1ccccc1)NC(C)(C)C. The van der Waals surface area contributed by atoms with Gasteiger partial charge in [0.1, 0.15) is 0 Å². The van der Waals surface area contributed by atoms with E-state index >= 15 is 0 Å². The molecule has 78 valence electrons. The maximum absolute atomic E-state index is 3.46. The quantitative estimate of drug-likeness (QED) is 0.720. The van der Waals surface area contributed by atoms with Crippen molar-refractivity contribution >= 4 is 5.69 Å². The molecule has 2 heteroatoms. The van der Waals surface area contributed by atoms with Gasteiger partial charge in [0.25, 0.3) is 0 Å². The average molecular weight is 192 g/mol. The zero-order valence-corrected chi connectivity index (χ0v) is 9.46. The molecule has 1 aromatic rings. The van der Waals surface area contributed by atoms with Gasteiger partial charge in [0.05, 0.1) is 6.17 Å². The minimum Gasteiger partial charge on any atom is -0.370 e. The topological polar surface area (TPSA) is 24.1 Å². The molecule has 0 aliphatic heterocycles. The Morgan fingerprint density at radius 3 is 2.14 bits per heavy atom. The summed E-state index contributed by atoms with van der Waals surface area (Å²) in [4.78, 5) is 0.